The van der Waals surface area contributed by atoms with Gasteiger partial charge in [-0.1, -0.05) is 38.7 Å². The van der Waals surface area contributed by atoms with Gasteiger partial charge in [-0.05, 0) is 72.5 Å². The standard InChI is InChI=1S/C33H33FN2O4/c1-5-6-7-8-17-39-28-15-12-24(32(37)36-20-21(2)3)19-26(28)23-11-16-29-27(18-23)30(33(38)35-4)31(40-29)22-9-13-25(34)14-10-22/h9-16,18-19,21H,5-6,17,20H2,1-4H3,(H,35,38)(H,36,37). The molecule has 2 N–H and O–H groups in total. The van der Waals surface area contributed by atoms with Crippen LogP contribution in [0.4, 0.5) is 4.39 Å². The number of furan rings is 1. The Hall–Kier alpha value is -4.57. The highest BCUT2D eigenvalue weighted by Crippen LogP contribution is 2.38. The van der Waals surface area contributed by atoms with Crippen molar-refractivity contribution in [3.8, 4) is 40.0 Å². The van der Waals surface area contributed by atoms with Crippen LogP contribution in [0.15, 0.2) is 65.1 Å². The lowest BCUT2D eigenvalue weighted by Crippen LogP contribution is -2.27. The molecule has 0 radical (unpaired) electrons. The molecule has 6 nitrogen and oxygen atoms in total. The number of nitrogens with one attached hydrogen (secondary N) is 2. The Bertz CT molecular complexity index is 1580. The zero-order chi connectivity index (χ0) is 28.6. The number of amides is 2. The third-order valence-corrected chi connectivity index (χ3v) is 6.27. The molecule has 1 aromatic heterocycles. The van der Waals surface area contributed by atoms with Gasteiger partial charge in [-0.15, -0.1) is 0 Å². The summed E-state index contributed by atoms with van der Waals surface area (Å²) in [6.45, 7) is 6.90. The summed E-state index contributed by atoms with van der Waals surface area (Å²) >= 11 is 0. The van der Waals surface area contributed by atoms with E-state index in [-0.39, 0.29) is 24.2 Å². The highest BCUT2D eigenvalue weighted by molar-refractivity contribution is 6.12. The van der Waals surface area contributed by atoms with Gasteiger partial charge in [0.05, 0.1) is 5.56 Å². The molecule has 0 aliphatic rings. The number of rotatable bonds is 9. The van der Waals surface area contributed by atoms with Crippen molar-refractivity contribution in [1.82, 2.24) is 10.6 Å². The second kappa shape index (κ2) is 13.0. The third-order valence-electron chi connectivity index (χ3n) is 6.27. The first-order chi connectivity index (χ1) is 19.3. The second-order valence-corrected chi connectivity index (χ2v) is 9.81. The van der Waals surface area contributed by atoms with Gasteiger partial charge in [-0.25, -0.2) is 4.39 Å². The lowest BCUT2D eigenvalue weighted by molar-refractivity contribution is 0.0945. The van der Waals surface area contributed by atoms with Gasteiger partial charge in [-0.2, -0.15) is 0 Å². The molecule has 0 aliphatic carbocycles. The first-order valence-corrected chi connectivity index (χ1v) is 13.4. The Morgan fingerprint density at radius 3 is 2.42 bits per heavy atom. The van der Waals surface area contributed by atoms with Crippen molar-refractivity contribution >= 4 is 22.8 Å². The van der Waals surface area contributed by atoms with Crippen LogP contribution in [0, 0.1) is 23.6 Å². The molecule has 0 atom stereocenters. The van der Waals surface area contributed by atoms with Gasteiger partial charge in [-0.3, -0.25) is 9.59 Å². The Labute approximate surface area is 233 Å². The van der Waals surface area contributed by atoms with Crippen molar-refractivity contribution in [2.24, 2.45) is 5.92 Å². The molecule has 0 unspecified atom stereocenters. The zero-order valence-corrected chi connectivity index (χ0v) is 23.2. The smallest absolute Gasteiger partial charge is 0.255 e. The van der Waals surface area contributed by atoms with Gasteiger partial charge >= 0.3 is 0 Å². The first-order valence-electron chi connectivity index (χ1n) is 13.4. The van der Waals surface area contributed by atoms with E-state index in [1.165, 1.54) is 12.1 Å². The lowest BCUT2D eigenvalue weighted by atomic mass is 9.98. The van der Waals surface area contributed by atoms with Gasteiger partial charge in [0.1, 0.15) is 29.5 Å². The molecular weight excluding hydrogens is 507 g/mol. The first kappa shape index (κ1) is 28.4. The van der Waals surface area contributed by atoms with E-state index in [0.29, 0.717) is 57.2 Å². The van der Waals surface area contributed by atoms with E-state index in [4.69, 9.17) is 9.15 Å². The van der Waals surface area contributed by atoms with Crippen LogP contribution in [0.2, 0.25) is 0 Å². The number of carbonyl (C=O) groups is 2. The normalized spacial score (nSPS) is 10.8. The van der Waals surface area contributed by atoms with Crippen molar-refractivity contribution < 1.29 is 23.1 Å². The fourth-order valence-corrected chi connectivity index (χ4v) is 4.22. The van der Waals surface area contributed by atoms with Crippen LogP contribution < -0.4 is 15.4 Å². The lowest BCUT2D eigenvalue weighted by Gasteiger charge is -2.13. The Kier molecular flexibility index (Phi) is 9.23. The Morgan fingerprint density at radius 2 is 1.73 bits per heavy atom. The van der Waals surface area contributed by atoms with E-state index in [9.17, 15) is 14.0 Å². The summed E-state index contributed by atoms with van der Waals surface area (Å²) in [5.41, 5.74) is 3.33. The molecule has 3 aromatic carbocycles. The number of hydrogen-bond acceptors (Lipinski definition) is 4. The van der Waals surface area contributed by atoms with Crippen molar-refractivity contribution in [2.45, 2.75) is 33.6 Å². The van der Waals surface area contributed by atoms with Gasteiger partial charge in [0.15, 0.2) is 0 Å². The molecule has 4 aromatic rings. The molecule has 0 bridgehead atoms. The van der Waals surface area contributed by atoms with Crippen molar-refractivity contribution in [3.05, 3.63) is 77.6 Å². The number of ether oxygens (including phenoxy) is 1. The summed E-state index contributed by atoms with van der Waals surface area (Å²) in [6, 6.07) is 16.6. The van der Waals surface area contributed by atoms with Crippen LogP contribution in [-0.4, -0.2) is 32.0 Å². The predicted molar refractivity (Wildman–Crippen MR) is 156 cm³/mol. The summed E-state index contributed by atoms with van der Waals surface area (Å²) in [6.07, 6.45) is 1.76. The maximum Gasteiger partial charge on any atom is 0.255 e. The molecule has 7 heteroatoms. The van der Waals surface area contributed by atoms with E-state index >= 15 is 0 Å². The van der Waals surface area contributed by atoms with Gasteiger partial charge in [0, 0.05) is 42.1 Å². The summed E-state index contributed by atoms with van der Waals surface area (Å²) in [5.74, 6) is 6.42. The van der Waals surface area contributed by atoms with Crippen LogP contribution in [0.5, 0.6) is 5.75 Å². The second-order valence-electron chi connectivity index (χ2n) is 9.81. The zero-order valence-electron chi connectivity index (χ0n) is 23.2. The minimum atomic E-state index is -0.382. The summed E-state index contributed by atoms with van der Waals surface area (Å²) in [7, 11) is 1.55. The summed E-state index contributed by atoms with van der Waals surface area (Å²) in [4.78, 5) is 25.9. The van der Waals surface area contributed by atoms with Crippen molar-refractivity contribution in [2.75, 3.05) is 20.2 Å². The molecule has 0 spiro atoms. The topological polar surface area (TPSA) is 80.6 Å². The summed E-state index contributed by atoms with van der Waals surface area (Å²) in [5, 5.41) is 6.21. The maximum atomic E-state index is 13.6. The fourth-order valence-electron chi connectivity index (χ4n) is 4.22. The molecule has 0 saturated heterocycles. The fraction of sp³-hybridized carbons (Fsp3) is 0.273. The monoisotopic (exact) mass is 540 g/mol. The van der Waals surface area contributed by atoms with Crippen molar-refractivity contribution in [1.29, 1.82) is 0 Å². The van der Waals surface area contributed by atoms with E-state index in [2.05, 4.69) is 29.4 Å². The number of hydrogen-bond donors (Lipinski definition) is 2. The van der Waals surface area contributed by atoms with E-state index < -0.39 is 0 Å². The minimum absolute atomic E-state index is 0.182. The predicted octanol–water partition coefficient (Wildman–Crippen LogP) is 6.83. The van der Waals surface area contributed by atoms with Gasteiger partial charge < -0.3 is 19.8 Å². The number of fused-ring (bicyclic) bond motifs is 1. The molecular formula is C33H33FN2O4. The Balaban J connectivity index is 1.82. The van der Waals surface area contributed by atoms with E-state index in [1.807, 2.05) is 26.0 Å². The molecule has 40 heavy (non-hydrogen) atoms. The average molecular weight is 541 g/mol. The van der Waals surface area contributed by atoms with Crippen molar-refractivity contribution in [3.63, 3.8) is 0 Å². The molecule has 2 amide bonds. The minimum Gasteiger partial charge on any atom is -0.480 e. The maximum absolute atomic E-state index is 13.6. The molecule has 0 aliphatic heterocycles. The Morgan fingerprint density at radius 1 is 0.975 bits per heavy atom. The van der Waals surface area contributed by atoms with Crippen LogP contribution in [0.3, 0.4) is 0 Å². The number of unbranched alkanes of at least 4 members (excludes halogenated alkanes) is 1. The largest absolute Gasteiger partial charge is 0.480 e. The molecule has 4 rings (SSSR count). The number of carbonyl (C=O) groups excluding carboxylic acids is 2. The van der Waals surface area contributed by atoms with Crippen LogP contribution in [0.25, 0.3) is 33.4 Å². The van der Waals surface area contributed by atoms with E-state index in [0.717, 1.165) is 18.4 Å². The average Bonchev–Trinajstić information content (AvgIpc) is 3.34. The van der Waals surface area contributed by atoms with Crippen LogP contribution >= 0.6 is 0 Å². The van der Waals surface area contributed by atoms with Gasteiger partial charge in [0.2, 0.25) is 0 Å². The molecule has 0 fully saturated rings. The van der Waals surface area contributed by atoms with Gasteiger partial charge in [0.25, 0.3) is 11.8 Å². The number of benzene rings is 3. The van der Waals surface area contributed by atoms with Crippen LogP contribution in [-0.2, 0) is 0 Å². The van der Waals surface area contributed by atoms with Crippen LogP contribution in [0.1, 0.15) is 54.3 Å². The SMILES string of the molecule is CCCC#CCOc1ccc(C(=O)NCC(C)C)cc1-c1ccc2oc(-c3ccc(F)cc3)c(C(=O)NC)c2c1. The molecule has 1 heterocycles. The highest BCUT2D eigenvalue weighted by Gasteiger charge is 2.23. The molecule has 0 saturated carbocycles. The third kappa shape index (κ3) is 6.52. The van der Waals surface area contributed by atoms with E-state index in [1.54, 1.807) is 43.4 Å². The molecule has 206 valence electrons. The highest BCUT2D eigenvalue weighted by atomic mass is 19.1. The summed E-state index contributed by atoms with van der Waals surface area (Å²) < 4.78 is 25.7. The quantitative estimate of drug-likeness (QED) is 0.228. The number of halogens is 1.